The van der Waals surface area contributed by atoms with Crippen LogP contribution in [0.5, 0.6) is 0 Å². The molecule has 0 aromatic heterocycles. The van der Waals surface area contributed by atoms with E-state index in [1.807, 2.05) is 20.8 Å². The molecule has 2 nitrogen and oxygen atoms in total. The van der Waals surface area contributed by atoms with Crippen LogP contribution in [0.25, 0.3) is 0 Å². The molecule has 1 unspecified atom stereocenters. The summed E-state index contributed by atoms with van der Waals surface area (Å²) in [6.07, 6.45) is -4.37. The zero-order valence-corrected chi connectivity index (χ0v) is 10.4. The molecule has 5 heteroatoms. The molecular formula is C11H22F3NO. The van der Waals surface area contributed by atoms with Gasteiger partial charge in [0.2, 0.25) is 0 Å². The van der Waals surface area contributed by atoms with E-state index >= 15 is 0 Å². The maximum absolute atomic E-state index is 12.1. The van der Waals surface area contributed by atoms with Crippen LogP contribution in [-0.2, 0) is 0 Å². The Hall–Kier alpha value is -0.290. The van der Waals surface area contributed by atoms with Crippen LogP contribution in [0.1, 0.15) is 34.1 Å². The Labute approximate surface area is 95.4 Å². The lowest BCUT2D eigenvalue weighted by atomic mass is 9.87. The molecule has 0 saturated carbocycles. The Kier molecular flexibility index (Phi) is 5.76. The van der Waals surface area contributed by atoms with Gasteiger partial charge in [0.25, 0.3) is 0 Å². The van der Waals surface area contributed by atoms with Gasteiger partial charge < -0.3 is 5.11 Å². The first-order chi connectivity index (χ1) is 7.06. The highest BCUT2D eigenvalue weighted by Gasteiger charge is 2.30. The van der Waals surface area contributed by atoms with Gasteiger partial charge in [-0.25, -0.2) is 0 Å². The highest BCUT2D eigenvalue weighted by molar-refractivity contribution is 4.74. The van der Waals surface area contributed by atoms with Crippen molar-refractivity contribution in [3.8, 4) is 0 Å². The minimum Gasteiger partial charge on any atom is -0.393 e. The van der Waals surface area contributed by atoms with Crippen molar-refractivity contribution in [2.24, 2.45) is 5.41 Å². The van der Waals surface area contributed by atoms with Gasteiger partial charge in [0.05, 0.1) is 12.6 Å². The highest BCUT2D eigenvalue weighted by atomic mass is 19.4. The van der Waals surface area contributed by atoms with Gasteiger partial charge >= 0.3 is 6.18 Å². The second kappa shape index (κ2) is 5.87. The molecule has 0 aliphatic rings. The number of aliphatic hydroxyl groups excluding tert-OH is 1. The first-order valence-electron chi connectivity index (χ1n) is 5.53. The fourth-order valence-electron chi connectivity index (χ4n) is 1.34. The SMILES string of the molecule is CCN(CCC(O)C(C)(C)C)CC(F)(F)F. The normalized spacial score (nSPS) is 15.6. The minimum atomic E-state index is -4.16. The number of hydrogen-bond acceptors (Lipinski definition) is 2. The molecule has 0 amide bonds. The second-order valence-electron chi connectivity index (χ2n) is 5.15. The van der Waals surface area contributed by atoms with E-state index in [0.717, 1.165) is 0 Å². The van der Waals surface area contributed by atoms with E-state index in [-0.39, 0.29) is 12.0 Å². The van der Waals surface area contributed by atoms with Crippen molar-refractivity contribution >= 4 is 0 Å². The lowest BCUT2D eigenvalue weighted by molar-refractivity contribution is -0.146. The molecule has 0 aromatic rings. The summed E-state index contributed by atoms with van der Waals surface area (Å²) in [6, 6.07) is 0. The van der Waals surface area contributed by atoms with Crippen LogP contribution in [-0.4, -0.2) is 41.9 Å². The fourth-order valence-corrected chi connectivity index (χ4v) is 1.34. The van der Waals surface area contributed by atoms with E-state index < -0.39 is 18.8 Å². The van der Waals surface area contributed by atoms with Crippen LogP contribution in [0.3, 0.4) is 0 Å². The van der Waals surface area contributed by atoms with Crippen molar-refractivity contribution in [3.05, 3.63) is 0 Å². The Morgan fingerprint density at radius 2 is 1.69 bits per heavy atom. The number of nitrogens with zero attached hydrogens (tertiary/aromatic N) is 1. The van der Waals surface area contributed by atoms with Crippen molar-refractivity contribution in [1.82, 2.24) is 4.90 Å². The predicted molar refractivity (Wildman–Crippen MR) is 58.2 cm³/mol. The number of halogens is 3. The number of alkyl halides is 3. The third-order valence-corrected chi connectivity index (χ3v) is 2.57. The molecule has 0 radical (unpaired) electrons. The number of hydrogen-bond donors (Lipinski definition) is 1. The Morgan fingerprint density at radius 3 is 2.00 bits per heavy atom. The molecule has 0 fully saturated rings. The predicted octanol–water partition coefficient (Wildman–Crippen LogP) is 2.67. The number of aliphatic hydroxyl groups is 1. The van der Waals surface area contributed by atoms with Crippen molar-refractivity contribution in [2.75, 3.05) is 19.6 Å². The standard InChI is InChI=1S/C11H22F3NO/c1-5-15(8-11(12,13)14)7-6-9(16)10(2,3)4/h9,16H,5-8H2,1-4H3. The van der Waals surface area contributed by atoms with Gasteiger partial charge in [-0.3, -0.25) is 4.90 Å². The molecule has 16 heavy (non-hydrogen) atoms. The molecule has 0 spiro atoms. The van der Waals surface area contributed by atoms with Gasteiger partial charge in [0.1, 0.15) is 0 Å². The maximum atomic E-state index is 12.1. The summed E-state index contributed by atoms with van der Waals surface area (Å²) in [5, 5.41) is 9.72. The molecule has 0 aliphatic heterocycles. The smallest absolute Gasteiger partial charge is 0.393 e. The average Bonchev–Trinajstić information content (AvgIpc) is 2.08. The van der Waals surface area contributed by atoms with Gasteiger partial charge in [-0.1, -0.05) is 27.7 Å². The van der Waals surface area contributed by atoms with Crippen LogP contribution >= 0.6 is 0 Å². The summed E-state index contributed by atoms with van der Waals surface area (Å²) >= 11 is 0. The summed E-state index contributed by atoms with van der Waals surface area (Å²) in [4.78, 5) is 1.30. The molecule has 0 aromatic carbocycles. The molecular weight excluding hydrogens is 219 g/mol. The lowest BCUT2D eigenvalue weighted by Crippen LogP contribution is -2.37. The van der Waals surface area contributed by atoms with E-state index in [4.69, 9.17) is 0 Å². The van der Waals surface area contributed by atoms with Crippen LogP contribution in [0.4, 0.5) is 13.2 Å². The van der Waals surface area contributed by atoms with Gasteiger partial charge in [0, 0.05) is 6.54 Å². The summed E-state index contributed by atoms with van der Waals surface area (Å²) in [7, 11) is 0. The molecule has 0 saturated heterocycles. The molecule has 0 aliphatic carbocycles. The van der Waals surface area contributed by atoms with Crippen molar-refractivity contribution in [2.45, 2.75) is 46.4 Å². The fraction of sp³-hybridized carbons (Fsp3) is 1.00. The quantitative estimate of drug-likeness (QED) is 0.800. The molecule has 1 atom stereocenters. The average molecular weight is 241 g/mol. The topological polar surface area (TPSA) is 23.5 Å². The molecule has 1 N–H and O–H groups in total. The zero-order valence-electron chi connectivity index (χ0n) is 10.4. The third kappa shape index (κ3) is 7.06. The van der Waals surface area contributed by atoms with Gasteiger partial charge in [-0.2, -0.15) is 13.2 Å². The largest absolute Gasteiger partial charge is 0.401 e. The van der Waals surface area contributed by atoms with E-state index in [0.29, 0.717) is 13.0 Å². The Balaban J connectivity index is 4.06. The lowest BCUT2D eigenvalue weighted by Gasteiger charge is -2.29. The molecule has 0 bridgehead atoms. The molecule has 0 heterocycles. The second-order valence-corrected chi connectivity index (χ2v) is 5.15. The van der Waals surface area contributed by atoms with Crippen LogP contribution in [0.2, 0.25) is 0 Å². The van der Waals surface area contributed by atoms with Gasteiger partial charge in [-0.05, 0) is 18.4 Å². The van der Waals surface area contributed by atoms with Crippen LogP contribution in [0.15, 0.2) is 0 Å². The summed E-state index contributed by atoms with van der Waals surface area (Å²) in [6.45, 7) is 7.02. The maximum Gasteiger partial charge on any atom is 0.401 e. The van der Waals surface area contributed by atoms with Crippen LogP contribution < -0.4 is 0 Å². The number of rotatable bonds is 5. The summed E-state index contributed by atoms with van der Waals surface area (Å²) < 4.78 is 36.4. The molecule has 98 valence electrons. The van der Waals surface area contributed by atoms with E-state index in [9.17, 15) is 18.3 Å². The first kappa shape index (κ1) is 15.7. The van der Waals surface area contributed by atoms with Gasteiger partial charge in [0.15, 0.2) is 0 Å². The summed E-state index contributed by atoms with van der Waals surface area (Å²) in [5.74, 6) is 0. The Morgan fingerprint density at radius 1 is 1.19 bits per heavy atom. The highest BCUT2D eigenvalue weighted by Crippen LogP contribution is 2.22. The van der Waals surface area contributed by atoms with Crippen molar-refractivity contribution in [1.29, 1.82) is 0 Å². The van der Waals surface area contributed by atoms with Crippen LogP contribution in [0, 0.1) is 5.41 Å². The monoisotopic (exact) mass is 241 g/mol. The van der Waals surface area contributed by atoms with E-state index in [1.54, 1.807) is 6.92 Å². The van der Waals surface area contributed by atoms with Gasteiger partial charge in [-0.15, -0.1) is 0 Å². The third-order valence-electron chi connectivity index (χ3n) is 2.57. The first-order valence-corrected chi connectivity index (χ1v) is 5.53. The molecule has 0 rings (SSSR count). The Bertz CT molecular complexity index is 198. The minimum absolute atomic E-state index is 0.272. The summed E-state index contributed by atoms with van der Waals surface area (Å²) in [5.41, 5.74) is -0.280. The van der Waals surface area contributed by atoms with Crippen molar-refractivity contribution < 1.29 is 18.3 Å². The zero-order chi connectivity index (χ0) is 13.0. The van der Waals surface area contributed by atoms with Crippen molar-refractivity contribution in [3.63, 3.8) is 0 Å². The van der Waals surface area contributed by atoms with E-state index in [2.05, 4.69) is 0 Å². The van der Waals surface area contributed by atoms with E-state index in [1.165, 1.54) is 4.90 Å².